The Morgan fingerprint density at radius 3 is 2.52 bits per heavy atom. The quantitative estimate of drug-likeness (QED) is 0.548. The van der Waals surface area contributed by atoms with Gasteiger partial charge in [0.1, 0.15) is 5.82 Å². The van der Waals surface area contributed by atoms with Crippen molar-refractivity contribution in [3.8, 4) is 11.3 Å². The number of imidazole rings is 1. The van der Waals surface area contributed by atoms with E-state index in [0.717, 1.165) is 11.3 Å². The van der Waals surface area contributed by atoms with Gasteiger partial charge in [-0.1, -0.05) is 0 Å². The highest BCUT2D eigenvalue weighted by Crippen LogP contribution is 2.25. The zero-order valence-electron chi connectivity index (χ0n) is 16.7. The summed E-state index contributed by atoms with van der Waals surface area (Å²) in [6, 6.07) is 13.5. The number of carbonyl (C=O) groups excluding carboxylic acids is 1. The number of rotatable bonds is 4. The van der Waals surface area contributed by atoms with E-state index in [-0.39, 0.29) is 11.7 Å². The lowest BCUT2D eigenvalue weighted by molar-refractivity contribution is 0.0303. The third-order valence-electron chi connectivity index (χ3n) is 5.21. The van der Waals surface area contributed by atoms with E-state index >= 15 is 0 Å². The summed E-state index contributed by atoms with van der Waals surface area (Å²) in [5.74, 6) is 0.276. The second-order valence-electron chi connectivity index (χ2n) is 7.25. The molecule has 1 amide bonds. The summed E-state index contributed by atoms with van der Waals surface area (Å²) in [6.07, 6.45) is 5.38. The smallest absolute Gasteiger partial charge is 0.254 e. The van der Waals surface area contributed by atoms with E-state index in [1.165, 1.54) is 12.1 Å². The number of fused-ring (bicyclic) bond motifs is 1. The van der Waals surface area contributed by atoms with Gasteiger partial charge in [0.25, 0.3) is 5.91 Å². The van der Waals surface area contributed by atoms with Crippen molar-refractivity contribution in [3.63, 3.8) is 0 Å². The van der Waals surface area contributed by atoms with Gasteiger partial charge in [-0.15, -0.1) is 0 Å². The Morgan fingerprint density at radius 1 is 1.03 bits per heavy atom. The van der Waals surface area contributed by atoms with Gasteiger partial charge in [0.15, 0.2) is 11.5 Å². The van der Waals surface area contributed by atoms with Gasteiger partial charge in [0.05, 0.1) is 18.9 Å². The van der Waals surface area contributed by atoms with E-state index in [4.69, 9.17) is 9.72 Å². The van der Waals surface area contributed by atoms with Crippen LogP contribution >= 0.6 is 0 Å². The number of carbonyl (C=O) groups is 1. The summed E-state index contributed by atoms with van der Waals surface area (Å²) in [4.78, 5) is 23.5. The molecule has 156 valence electrons. The molecule has 1 aliphatic rings. The van der Waals surface area contributed by atoms with Crippen LogP contribution in [0.3, 0.4) is 0 Å². The summed E-state index contributed by atoms with van der Waals surface area (Å²) in [6.45, 7) is 2.36. The first-order chi connectivity index (χ1) is 15.2. The third-order valence-corrected chi connectivity index (χ3v) is 5.21. The third kappa shape index (κ3) is 3.97. The maximum atomic E-state index is 13.3. The Balaban J connectivity index is 1.41. The molecule has 1 N–H and O–H groups in total. The van der Waals surface area contributed by atoms with Crippen molar-refractivity contribution in [2.45, 2.75) is 0 Å². The zero-order valence-corrected chi connectivity index (χ0v) is 16.7. The number of nitrogens with zero attached hydrogens (tertiary/aromatic N) is 4. The average molecular weight is 417 g/mol. The van der Waals surface area contributed by atoms with Gasteiger partial charge in [0.2, 0.25) is 0 Å². The van der Waals surface area contributed by atoms with Crippen LogP contribution in [-0.4, -0.2) is 51.5 Å². The highest BCUT2D eigenvalue weighted by molar-refractivity contribution is 5.94. The lowest BCUT2D eigenvalue weighted by Crippen LogP contribution is -2.40. The predicted octanol–water partition coefficient (Wildman–Crippen LogP) is 3.75. The van der Waals surface area contributed by atoms with E-state index in [2.05, 4.69) is 10.3 Å². The molecule has 4 aromatic rings. The van der Waals surface area contributed by atoms with Gasteiger partial charge in [-0.3, -0.25) is 4.79 Å². The van der Waals surface area contributed by atoms with Gasteiger partial charge in [-0.2, -0.15) is 0 Å². The van der Waals surface area contributed by atoms with Crippen molar-refractivity contribution >= 4 is 23.1 Å². The second kappa shape index (κ2) is 8.16. The van der Waals surface area contributed by atoms with E-state index in [1.807, 2.05) is 28.9 Å². The van der Waals surface area contributed by atoms with Crippen LogP contribution in [0.1, 0.15) is 10.4 Å². The monoisotopic (exact) mass is 417 g/mol. The molecule has 0 bridgehead atoms. The molecule has 1 fully saturated rings. The molecule has 5 rings (SSSR count). The Kier molecular flexibility index (Phi) is 5.05. The van der Waals surface area contributed by atoms with Crippen molar-refractivity contribution in [1.29, 1.82) is 0 Å². The molecule has 1 aliphatic heterocycles. The first kappa shape index (κ1) is 19.2. The number of aromatic nitrogens is 3. The molecule has 1 saturated heterocycles. The lowest BCUT2D eigenvalue weighted by Gasteiger charge is -2.26. The van der Waals surface area contributed by atoms with E-state index in [1.54, 1.807) is 35.4 Å². The van der Waals surface area contributed by atoms with Crippen LogP contribution in [0.5, 0.6) is 0 Å². The molecular formula is C23H20FN5O2. The number of ether oxygens (including phenoxy) is 1. The van der Waals surface area contributed by atoms with E-state index in [9.17, 15) is 9.18 Å². The minimum atomic E-state index is -0.294. The van der Waals surface area contributed by atoms with Gasteiger partial charge in [0, 0.05) is 48.5 Å². The summed E-state index contributed by atoms with van der Waals surface area (Å²) >= 11 is 0. The van der Waals surface area contributed by atoms with Gasteiger partial charge in [-0.05, 0) is 48.5 Å². The standard InChI is InChI=1S/C23H20FN5O2/c24-18-5-1-16(2-6-18)20-15-29-10-9-25-22(29)21(27-20)26-19-7-3-17(4-8-19)23(30)28-11-13-31-14-12-28/h1-10,15H,11-14H2,(H,26,27). The Bertz CT molecular complexity index is 1220. The highest BCUT2D eigenvalue weighted by atomic mass is 19.1. The molecule has 3 heterocycles. The number of morpholine rings is 1. The minimum absolute atomic E-state index is 0.00179. The van der Waals surface area contributed by atoms with Gasteiger partial charge >= 0.3 is 0 Å². The Hall–Kier alpha value is -3.78. The second-order valence-corrected chi connectivity index (χ2v) is 7.25. The molecule has 0 atom stereocenters. The van der Waals surface area contributed by atoms with Crippen LogP contribution in [0, 0.1) is 5.82 Å². The largest absolute Gasteiger partial charge is 0.378 e. The molecule has 2 aromatic carbocycles. The summed E-state index contributed by atoms with van der Waals surface area (Å²) in [7, 11) is 0. The topological polar surface area (TPSA) is 71.8 Å². The fourth-order valence-electron chi connectivity index (χ4n) is 3.56. The maximum absolute atomic E-state index is 13.3. The van der Waals surface area contributed by atoms with Gasteiger partial charge < -0.3 is 19.4 Å². The van der Waals surface area contributed by atoms with Crippen LogP contribution in [0.25, 0.3) is 16.9 Å². The Morgan fingerprint density at radius 2 is 1.77 bits per heavy atom. The number of hydrogen-bond acceptors (Lipinski definition) is 5. The highest BCUT2D eigenvalue weighted by Gasteiger charge is 2.18. The molecule has 31 heavy (non-hydrogen) atoms. The zero-order chi connectivity index (χ0) is 21.2. The lowest BCUT2D eigenvalue weighted by atomic mass is 10.1. The number of halogens is 1. The SMILES string of the molecule is O=C(c1ccc(Nc2nc(-c3ccc(F)cc3)cn3ccnc23)cc1)N1CCOCC1. The number of nitrogens with one attached hydrogen (secondary N) is 1. The molecule has 7 nitrogen and oxygen atoms in total. The Labute approximate surface area is 178 Å². The van der Waals surface area contributed by atoms with Crippen molar-refractivity contribution in [1.82, 2.24) is 19.3 Å². The minimum Gasteiger partial charge on any atom is -0.378 e. The van der Waals surface area contributed by atoms with Crippen LogP contribution < -0.4 is 5.32 Å². The van der Waals surface area contributed by atoms with Crippen LogP contribution in [0.2, 0.25) is 0 Å². The fourth-order valence-corrected chi connectivity index (χ4v) is 3.56. The van der Waals surface area contributed by atoms with Crippen molar-refractivity contribution in [2.75, 3.05) is 31.6 Å². The van der Waals surface area contributed by atoms with E-state index in [0.29, 0.717) is 49.0 Å². The molecule has 0 spiro atoms. The van der Waals surface area contributed by atoms with Crippen molar-refractivity contribution in [2.24, 2.45) is 0 Å². The molecule has 0 radical (unpaired) electrons. The molecular weight excluding hydrogens is 397 g/mol. The normalized spacial score (nSPS) is 14.0. The summed E-state index contributed by atoms with van der Waals surface area (Å²) in [5.41, 5.74) is 3.57. The molecule has 8 heteroatoms. The van der Waals surface area contributed by atoms with Crippen molar-refractivity contribution < 1.29 is 13.9 Å². The first-order valence-electron chi connectivity index (χ1n) is 10.0. The molecule has 2 aromatic heterocycles. The number of benzene rings is 2. The molecule has 0 saturated carbocycles. The summed E-state index contributed by atoms with van der Waals surface area (Å²) in [5, 5.41) is 3.29. The number of hydrogen-bond donors (Lipinski definition) is 1. The van der Waals surface area contributed by atoms with Crippen LogP contribution in [0.15, 0.2) is 67.1 Å². The molecule has 0 unspecified atom stereocenters. The van der Waals surface area contributed by atoms with Gasteiger partial charge in [-0.25, -0.2) is 14.4 Å². The van der Waals surface area contributed by atoms with Crippen LogP contribution in [-0.2, 0) is 4.74 Å². The average Bonchev–Trinajstić information content (AvgIpc) is 3.29. The van der Waals surface area contributed by atoms with Crippen LogP contribution in [0.4, 0.5) is 15.9 Å². The first-order valence-corrected chi connectivity index (χ1v) is 10.0. The fraction of sp³-hybridized carbons (Fsp3) is 0.174. The number of amides is 1. The van der Waals surface area contributed by atoms with E-state index < -0.39 is 0 Å². The summed E-state index contributed by atoms with van der Waals surface area (Å²) < 4.78 is 20.5. The van der Waals surface area contributed by atoms with Crippen molar-refractivity contribution in [3.05, 3.63) is 78.5 Å². The maximum Gasteiger partial charge on any atom is 0.254 e. The number of anilines is 2. The molecule has 0 aliphatic carbocycles. The predicted molar refractivity (Wildman–Crippen MR) is 115 cm³/mol.